The number of hydrogen-bond donors (Lipinski definition) is 2. The highest BCUT2D eigenvalue weighted by molar-refractivity contribution is 7.61. The van der Waals surface area contributed by atoms with Gasteiger partial charge in [-0.05, 0) is 0 Å². The second-order valence-electron chi connectivity index (χ2n) is 1.44. The van der Waals surface area contributed by atoms with Gasteiger partial charge in [0, 0.05) is 0 Å². The van der Waals surface area contributed by atoms with Gasteiger partial charge in [-0.1, -0.05) is 0 Å². The average Bonchev–Trinajstić information content (AvgIpc) is 2.15. The lowest BCUT2D eigenvalue weighted by Crippen LogP contribution is -1.96. The van der Waals surface area contributed by atoms with Crippen molar-refractivity contribution in [3.8, 4) is 0 Å². The Morgan fingerprint density at radius 2 is 2.20 bits per heavy atom. The van der Waals surface area contributed by atoms with Gasteiger partial charge in [0.1, 0.15) is 0 Å². The number of aromatic amines is 2. The smallest absolute Gasteiger partial charge is 0.303 e. The largest absolute Gasteiger partial charge is 0.316 e. The van der Waals surface area contributed by atoms with E-state index in [0.717, 1.165) is 6.20 Å². The van der Waals surface area contributed by atoms with E-state index >= 15 is 0 Å². The van der Waals surface area contributed by atoms with E-state index in [1.165, 1.54) is 0 Å². The monoisotopic (exact) mass is 161 g/mol. The van der Waals surface area contributed by atoms with Gasteiger partial charge in [0.25, 0.3) is 5.56 Å². The third-order valence-electron chi connectivity index (χ3n) is 0.800. The van der Waals surface area contributed by atoms with Crippen molar-refractivity contribution in [1.29, 1.82) is 0 Å². The molecule has 0 unspecified atom stereocenters. The molecule has 1 heterocycles. The molecule has 0 aliphatic heterocycles. The molecule has 2 N–H and O–H groups in total. The van der Waals surface area contributed by atoms with Crippen molar-refractivity contribution in [2.45, 2.75) is 0 Å². The van der Waals surface area contributed by atoms with Gasteiger partial charge < -0.3 is 5.10 Å². The van der Waals surface area contributed by atoms with Crippen LogP contribution in [0.4, 0.5) is 5.69 Å². The van der Waals surface area contributed by atoms with Gasteiger partial charge in [-0.2, -0.15) is 8.42 Å². The van der Waals surface area contributed by atoms with E-state index in [2.05, 4.69) is 14.6 Å². The zero-order valence-electron chi connectivity index (χ0n) is 4.66. The molecule has 6 nitrogen and oxygen atoms in total. The highest BCUT2D eigenvalue weighted by Crippen LogP contribution is 1.97. The van der Waals surface area contributed by atoms with Crippen molar-refractivity contribution in [3.63, 3.8) is 0 Å². The van der Waals surface area contributed by atoms with Crippen molar-refractivity contribution in [2.24, 2.45) is 4.36 Å². The van der Waals surface area contributed by atoms with Crippen LogP contribution in [0.3, 0.4) is 0 Å². The number of H-pyrrole nitrogens is 2. The minimum absolute atomic E-state index is 0.145. The lowest BCUT2D eigenvalue weighted by atomic mass is 10.6. The fourth-order valence-electron chi connectivity index (χ4n) is 0.448. The third kappa shape index (κ3) is 1.32. The molecule has 0 atom stereocenters. The molecule has 0 saturated carbocycles. The molecule has 0 radical (unpaired) electrons. The van der Waals surface area contributed by atoms with Gasteiger partial charge >= 0.3 is 10.5 Å². The number of nitrogens with one attached hydrogen (secondary N) is 2. The molecule has 0 fully saturated rings. The van der Waals surface area contributed by atoms with Crippen molar-refractivity contribution >= 4 is 16.2 Å². The lowest BCUT2D eigenvalue weighted by Gasteiger charge is -1.67. The molecule has 1 aromatic rings. The minimum Gasteiger partial charge on any atom is -0.303 e. The second kappa shape index (κ2) is 2.48. The van der Waals surface area contributed by atoms with E-state index in [-0.39, 0.29) is 5.69 Å². The molecular weight excluding hydrogens is 158 g/mol. The molecule has 0 spiro atoms. The van der Waals surface area contributed by atoms with E-state index in [1.54, 1.807) is 0 Å². The molecule has 10 heavy (non-hydrogen) atoms. The topological polar surface area (TPSA) is 95.2 Å². The first-order chi connectivity index (χ1) is 4.70. The summed E-state index contributed by atoms with van der Waals surface area (Å²) in [6.45, 7) is 0. The summed E-state index contributed by atoms with van der Waals surface area (Å²) in [6.07, 6.45) is 1.16. The zero-order chi connectivity index (χ0) is 7.56. The van der Waals surface area contributed by atoms with Crippen LogP contribution in [-0.4, -0.2) is 18.6 Å². The molecule has 0 aromatic carbocycles. The van der Waals surface area contributed by atoms with Crippen LogP contribution in [-0.2, 0) is 10.5 Å². The highest BCUT2D eigenvalue weighted by Gasteiger charge is 1.95. The molecule has 0 saturated heterocycles. The summed E-state index contributed by atoms with van der Waals surface area (Å²) in [5.74, 6) is 0. The van der Waals surface area contributed by atoms with Crippen molar-refractivity contribution in [2.75, 3.05) is 0 Å². The van der Waals surface area contributed by atoms with Gasteiger partial charge in [-0.25, -0.2) is 0 Å². The van der Waals surface area contributed by atoms with Crippen molar-refractivity contribution < 1.29 is 8.42 Å². The zero-order valence-corrected chi connectivity index (χ0v) is 5.47. The summed E-state index contributed by atoms with van der Waals surface area (Å²) < 4.78 is 22.7. The molecule has 7 heteroatoms. The maximum atomic E-state index is 10.5. The first kappa shape index (κ1) is 6.75. The Bertz CT molecular complexity index is 389. The Kier molecular flexibility index (Phi) is 1.67. The number of aromatic nitrogens is 2. The molecule has 1 rings (SSSR count). The van der Waals surface area contributed by atoms with Gasteiger partial charge in [-0.15, -0.1) is 4.36 Å². The Morgan fingerprint density at radius 1 is 1.50 bits per heavy atom. The van der Waals surface area contributed by atoms with E-state index in [1.807, 2.05) is 0 Å². The van der Waals surface area contributed by atoms with Crippen LogP contribution < -0.4 is 5.56 Å². The van der Waals surface area contributed by atoms with Crippen LogP contribution in [0.2, 0.25) is 0 Å². The molecule has 0 aliphatic carbocycles. The van der Waals surface area contributed by atoms with Crippen LogP contribution in [0, 0.1) is 0 Å². The first-order valence-corrected chi connectivity index (χ1v) is 3.30. The molecule has 54 valence electrons. The van der Waals surface area contributed by atoms with E-state index in [4.69, 9.17) is 0 Å². The SMILES string of the molecule is O=c1[nH][nH]cc1N=S(=O)=O. The van der Waals surface area contributed by atoms with Crippen LogP contribution in [0.15, 0.2) is 15.4 Å². The summed E-state index contributed by atoms with van der Waals surface area (Å²) in [5, 5.41) is 4.43. The van der Waals surface area contributed by atoms with E-state index in [0.29, 0.717) is 0 Å². The maximum absolute atomic E-state index is 10.5. The summed E-state index contributed by atoms with van der Waals surface area (Å²) in [4.78, 5) is 10.5. The Labute approximate surface area is 56.6 Å². The number of rotatable bonds is 1. The second-order valence-corrected chi connectivity index (χ2v) is 2.05. The minimum atomic E-state index is -2.57. The predicted molar refractivity (Wildman–Crippen MR) is 32.4 cm³/mol. The van der Waals surface area contributed by atoms with Crippen LogP contribution in [0.25, 0.3) is 0 Å². The molecule has 0 amide bonds. The van der Waals surface area contributed by atoms with Gasteiger partial charge in [0.2, 0.25) is 0 Å². The normalized spacial score (nSPS) is 9.20. The maximum Gasteiger partial charge on any atom is 0.316 e. The first-order valence-electron chi connectivity index (χ1n) is 2.27. The fraction of sp³-hybridized carbons (Fsp3) is 0. The third-order valence-corrected chi connectivity index (χ3v) is 1.15. The molecule has 0 aliphatic rings. The van der Waals surface area contributed by atoms with E-state index in [9.17, 15) is 13.2 Å². The summed E-state index contributed by atoms with van der Waals surface area (Å²) in [7, 11) is -2.57. The molecule has 0 bridgehead atoms. The Balaban J connectivity index is 3.33. The Morgan fingerprint density at radius 3 is 2.60 bits per heavy atom. The van der Waals surface area contributed by atoms with Crippen molar-refractivity contribution in [3.05, 3.63) is 16.6 Å². The number of nitrogens with zero attached hydrogens (tertiary/aromatic N) is 1. The predicted octanol–water partition coefficient (Wildman–Crippen LogP) is -0.603. The summed E-state index contributed by atoms with van der Waals surface area (Å²) in [6, 6.07) is 0. The molecular formula is C3H3N3O3S. The fourth-order valence-corrected chi connectivity index (χ4v) is 0.744. The number of hydrogen-bond acceptors (Lipinski definition) is 4. The van der Waals surface area contributed by atoms with E-state index < -0.39 is 16.1 Å². The molecule has 1 aromatic heterocycles. The Hall–Kier alpha value is -1.37. The van der Waals surface area contributed by atoms with Crippen LogP contribution >= 0.6 is 0 Å². The van der Waals surface area contributed by atoms with Gasteiger partial charge in [-0.3, -0.25) is 9.89 Å². The summed E-state index contributed by atoms with van der Waals surface area (Å²) in [5.41, 5.74) is -0.697. The summed E-state index contributed by atoms with van der Waals surface area (Å²) >= 11 is 0. The van der Waals surface area contributed by atoms with Crippen LogP contribution in [0.5, 0.6) is 0 Å². The van der Waals surface area contributed by atoms with Crippen molar-refractivity contribution in [1.82, 2.24) is 10.2 Å². The van der Waals surface area contributed by atoms with Gasteiger partial charge in [0.05, 0.1) is 6.20 Å². The average molecular weight is 161 g/mol. The van der Waals surface area contributed by atoms with Gasteiger partial charge in [0.15, 0.2) is 5.69 Å². The quantitative estimate of drug-likeness (QED) is 0.575. The standard InChI is InChI=1S/C3H3N3O3S/c7-3-2(1-4-5-3)6-10(8)9/h1H,(H2,4,5,7). The lowest BCUT2D eigenvalue weighted by molar-refractivity contribution is 0.622. The van der Waals surface area contributed by atoms with Crippen LogP contribution in [0.1, 0.15) is 0 Å². The highest BCUT2D eigenvalue weighted by atomic mass is 32.2.